The molecule has 0 spiro atoms. The van der Waals surface area contributed by atoms with Crippen molar-refractivity contribution in [2.45, 2.75) is 27.1 Å². The van der Waals surface area contributed by atoms with Crippen molar-refractivity contribution in [3.63, 3.8) is 0 Å². The SMILES string of the molecule is COc1ccc(OCn2ccc(C(=O)Nc3c(C)nn(Cc4cccc(Cl)c4)c3C)n2)cc1. The molecule has 0 bridgehead atoms. The van der Waals surface area contributed by atoms with Gasteiger partial charge in [0.05, 0.1) is 30.7 Å². The van der Waals surface area contributed by atoms with Crippen LogP contribution in [0, 0.1) is 13.8 Å². The Bertz CT molecular complexity index is 1260. The molecule has 33 heavy (non-hydrogen) atoms. The van der Waals surface area contributed by atoms with E-state index in [1.807, 2.05) is 67.1 Å². The highest BCUT2D eigenvalue weighted by Crippen LogP contribution is 2.22. The maximum Gasteiger partial charge on any atom is 0.276 e. The Morgan fingerprint density at radius 1 is 1.06 bits per heavy atom. The molecule has 4 aromatic rings. The largest absolute Gasteiger partial charge is 0.497 e. The van der Waals surface area contributed by atoms with E-state index < -0.39 is 0 Å². The van der Waals surface area contributed by atoms with Crippen LogP contribution in [0.1, 0.15) is 27.4 Å². The lowest BCUT2D eigenvalue weighted by Crippen LogP contribution is -2.15. The van der Waals surface area contributed by atoms with E-state index in [9.17, 15) is 4.79 Å². The second kappa shape index (κ2) is 9.79. The van der Waals surface area contributed by atoms with E-state index in [-0.39, 0.29) is 18.3 Å². The molecule has 4 rings (SSSR count). The summed E-state index contributed by atoms with van der Waals surface area (Å²) in [6.45, 7) is 4.51. The Balaban J connectivity index is 1.40. The number of hydrogen-bond acceptors (Lipinski definition) is 5. The van der Waals surface area contributed by atoms with Crippen LogP contribution in [0.4, 0.5) is 5.69 Å². The van der Waals surface area contributed by atoms with Crippen molar-refractivity contribution in [3.05, 3.63) is 88.5 Å². The number of carbonyl (C=O) groups is 1. The molecular weight excluding hydrogens is 442 g/mol. The van der Waals surface area contributed by atoms with E-state index in [2.05, 4.69) is 15.5 Å². The number of halogens is 1. The molecule has 170 valence electrons. The number of carbonyl (C=O) groups excluding carboxylic acids is 1. The molecule has 1 N–H and O–H groups in total. The van der Waals surface area contributed by atoms with E-state index in [1.165, 1.54) is 0 Å². The van der Waals surface area contributed by atoms with Crippen LogP contribution in [-0.2, 0) is 13.3 Å². The van der Waals surface area contributed by atoms with Crippen molar-refractivity contribution in [2.75, 3.05) is 12.4 Å². The molecule has 0 aliphatic carbocycles. The lowest BCUT2D eigenvalue weighted by atomic mass is 10.2. The van der Waals surface area contributed by atoms with Gasteiger partial charge >= 0.3 is 0 Å². The summed E-state index contributed by atoms with van der Waals surface area (Å²) in [7, 11) is 1.61. The van der Waals surface area contributed by atoms with E-state index in [1.54, 1.807) is 24.1 Å². The number of benzene rings is 2. The Labute approximate surface area is 196 Å². The van der Waals surface area contributed by atoms with Gasteiger partial charge in [-0.15, -0.1) is 0 Å². The van der Waals surface area contributed by atoms with E-state index in [0.29, 0.717) is 23.0 Å². The summed E-state index contributed by atoms with van der Waals surface area (Å²) in [4.78, 5) is 12.8. The van der Waals surface area contributed by atoms with Crippen LogP contribution >= 0.6 is 11.6 Å². The summed E-state index contributed by atoms with van der Waals surface area (Å²) >= 11 is 6.09. The maximum atomic E-state index is 12.8. The predicted molar refractivity (Wildman–Crippen MR) is 126 cm³/mol. The standard InChI is InChI=1S/C24H24ClN5O3/c1-16-23(17(2)30(27-16)14-18-5-4-6-19(25)13-18)26-24(31)22-11-12-29(28-22)15-33-21-9-7-20(32-3)8-10-21/h4-13H,14-15H2,1-3H3,(H,26,31). The van der Waals surface area contributed by atoms with Gasteiger partial charge in [0.2, 0.25) is 0 Å². The fourth-order valence-electron chi connectivity index (χ4n) is 3.38. The first-order valence-electron chi connectivity index (χ1n) is 10.3. The van der Waals surface area contributed by atoms with Gasteiger partial charge in [-0.05, 0) is 61.9 Å². The minimum Gasteiger partial charge on any atom is -0.497 e. The van der Waals surface area contributed by atoms with Gasteiger partial charge in [-0.25, -0.2) is 4.68 Å². The zero-order chi connectivity index (χ0) is 23.4. The zero-order valence-electron chi connectivity index (χ0n) is 18.6. The predicted octanol–water partition coefficient (Wildman–Crippen LogP) is 4.70. The lowest BCUT2D eigenvalue weighted by molar-refractivity contribution is 0.102. The molecule has 1 amide bonds. The topological polar surface area (TPSA) is 83.2 Å². The van der Waals surface area contributed by atoms with Crippen LogP contribution in [0.25, 0.3) is 0 Å². The van der Waals surface area contributed by atoms with E-state index in [0.717, 1.165) is 22.7 Å². The average Bonchev–Trinajstić information content (AvgIpc) is 3.39. The number of rotatable bonds is 8. The molecule has 0 atom stereocenters. The second-order valence-electron chi connectivity index (χ2n) is 7.48. The van der Waals surface area contributed by atoms with Crippen LogP contribution in [0.15, 0.2) is 60.8 Å². The Morgan fingerprint density at radius 3 is 2.55 bits per heavy atom. The molecule has 0 saturated heterocycles. The fourth-order valence-corrected chi connectivity index (χ4v) is 3.60. The highest BCUT2D eigenvalue weighted by Gasteiger charge is 2.17. The number of nitrogens with one attached hydrogen (secondary N) is 1. The van der Waals surface area contributed by atoms with Gasteiger partial charge in [-0.2, -0.15) is 10.2 Å². The number of aromatic nitrogens is 4. The number of anilines is 1. The van der Waals surface area contributed by atoms with Gasteiger partial charge in [-0.3, -0.25) is 9.48 Å². The quantitative estimate of drug-likeness (QED) is 0.408. The summed E-state index contributed by atoms with van der Waals surface area (Å²) in [5.74, 6) is 1.12. The average molecular weight is 466 g/mol. The highest BCUT2D eigenvalue weighted by atomic mass is 35.5. The smallest absolute Gasteiger partial charge is 0.276 e. The second-order valence-corrected chi connectivity index (χ2v) is 7.91. The van der Waals surface area contributed by atoms with Crippen molar-refractivity contribution < 1.29 is 14.3 Å². The first-order valence-corrected chi connectivity index (χ1v) is 10.7. The minimum absolute atomic E-state index is 0.176. The third kappa shape index (κ3) is 5.35. The van der Waals surface area contributed by atoms with Crippen molar-refractivity contribution in [3.8, 4) is 11.5 Å². The Kier molecular flexibility index (Phi) is 6.65. The third-order valence-corrected chi connectivity index (χ3v) is 5.37. The molecule has 0 saturated carbocycles. The molecule has 0 fully saturated rings. The summed E-state index contributed by atoms with van der Waals surface area (Å²) < 4.78 is 14.2. The summed E-state index contributed by atoms with van der Waals surface area (Å²) in [6, 6.07) is 16.5. The molecule has 0 radical (unpaired) electrons. The van der Waals surface area contributed by atoms with Crippen LogP contribution in [0.5, 0.6) is 11.5 Å². The van der Waals surface area contributed by atoms with Gasteiger partial charge in [-0.1, -0.05) is 23.7 Å². The van der Waals surface area contributed by atoms with Crippen LogP contribution < -0.4 is 14.8 Å². The fraction of sp³-hybridized carbons (Fsp3) is 0.208. The van der Waals surface area contributed by atoms with Gasteiger partial charge in [0.15, 0.2) is 12.4 Å². The minimum atomic E-state index is -0.313. The monoisotopic (exact) mass is 465 g/mol. The molecule has 2 aromatic carbocycles. The van der Waals surface area contributed by atoms with Crippen molar-refractivity contribution in [1.82, 2.24) is 19.6 Å². The van der Waals surface area contributed by atoms with Gasteiger partial charge in [0.1, 0.15) is 11.5 Å². The molecule has 0 aliphatic rings. The summed E-state index contributed by atoms with van der Waals surface area (Å²) in [6.07, 6.45) is 1.70. The van der Waals surface area contributed by atoms with Crippen LogP contribution in [-0.4, -0.2) is 32.6 Å². The number of amides is 1. The first-order chi connectivity index (χ1) is 15.9. The van der Waals surface area contributed by atoms with Crippen LogP contribution in [0.3, 0.4) is 0 Å². The number of hydrogen-bond donors (Lipinski definition) is 1. The van der Waals surface area contributed by atoms with Crippen molar-refractivity contribution >= 4 is 23.2 Å². The third-order valence-electron chi connectivity index (χ3n) is 5.14. The highest BCUT2D eigenvalue weighted by molar-refractivity contribution is 6.30. The number of nitrogens with zero attached hydrogens (tertiary/aromatic N) is 4. The molecule has 0 unspecified atom stereocenters. The Morgan fingerprint density at radius 2 is 1.82 bits per heavy atom. The lowest BCUT2D eigenvalue weighted by Gasteiger charge is -2.08. The molecular formula is C24H24ClN5O3. The summed E-state index contributed by atoms with van der Waals surface area (Å²) in [5.41, 5.74) is 3.57. The van der Waals surface area contributed by atoms with E-state index in [4.69, 9.17) is 21.1 Å². The number of ether oxygens (including phenoxy) is 2. The van der Waals surface area contributed by atoms with Gasteiger partial charge in [0.25, 0.3) is 5.91 Å². The number of methoxy groups -OCH3 is 1. The summed E-state index contributed by atoms with van der Waals surface area (Å²) in [5, 5.41) is 12.5. The van der Waals surface area contributed by atoms with Crippen molar-refractivity contribution in [1.29, 1.82) is 0 Å². The van der Waals surface area contributed by atoms with Gasteiger partial charge in [0, 0.05) is 11.2 Å². The van der Waals surface area contributed by atoms with E-state index >= 15 is 0 Å². The maximum absolute atomic E-state index is 12.8. The normalized spacial score (nSPS) is 10.8. The molecule has 0 aliphatic heterocycles. The van der Waals surface area contributed by atoms with Gasteiger partial charge < -0.3 is 14.8 Å². The molecule has 8 nitrogen and oxygen atoms in total. The molecule has 2 aromatic heterocycles. The van der Waals surface area contributed by atoms with Crippen LogP contribution in [0.2, 0.25) is 5.02 Å². The Hall–Kier alpha value is -3.78. The zero-order valence-corrected chi connectivity index (χ0v) is 19.3. The van der Waals surface area contributed by atoms with Crippen molar-refractivity contribution in [2.24, 2.45) is 0 Å². The molecule has 9 heteroatoms. The molecule has 2 heterocycles. The first kappa shape index (κ1) is 22.4. The number of aryl methyl sites for hydroxylation is 1.